The van der Waals surface area contributed by atoms with E-state index in [1.165, 1.54) is 11.1 Å². The highest BCUT2D eigenvalue weighted by molar-refractivity contribution is 5.85. The maximum Gasteiger partial charge on any atom is 0.229 e. The summed E-state index contributed by atoms with van der Waals surface area (Å²) in [5, 5.41) is 12.1. The number of benzene rings is 1. The number of rotatable bonds is 5. The second kappa shape index (κ2) is 9.30. The van der Waals surface area contributed by atoms with Crippen molar-refractivity contribution >= 4 is 41.0 Å². The molecule has 1 unspecified atom stereocenters. The van der Waals surface area contributed by atoms with E-state index in [9.17, 15) is 4.79 Å². The summed E-state index contributed by atoms with van der Waals surface area (Å²) in [5.74, 6) is 1.39. The van der Waals surface area contributed by atoms with Crippen molar-refractivity contribution < 1.29 is 9.53 Å². The molecule has 1 saturated heterocycles. The topological polar surface area (TPSA) is 97.2 Å². The molecule has 0 aliphatic carbocycles. The van der Waals surface area contributed by atoms with Crippen LogP contribution in [0.1, 0.15) is 30.9 Å². The van der Waals surface area contributed by atoms with Gasteiger partial charge in [0.05, 0.1) is 37.0 Å². The third kappa shape index (κ3) is 4.22. The summed E-state index contributed by atoms with van der Waals surface area (Å²) in [5.41, 5.74) is 4.16. The molecule has 2 aliphatic rings. The molecule has 1 amide bonds. The van der Waals surface area contributed by atoms with Gasteiger partial charge in [0.25, 0.3) is 0 Å². The molecule has 10 heteroatoms. The van der Waals surface area contributed by atoms with Gasteiger partial charge >= 0.3 is 0 Å². The zero-order chi connectivity index (χ0) is 21.4. The molecule has 9 nitrogen and oxygen atoms in total. The van der Waals surface area contributed by atoms with E-state index in [2.05, 4.69) is 32.8 Å². The molecule has 2 N–H and O–H groups in total. The lowest BCUT2D eigenvalue weighted by molar-refractivity contribution is -0.129. The zero-order valence-electron chi connectivity index (χ0n) is 18.3. The van der Waals surface area contributed by atoms with E-state index in [0.717, 1.165) is 61.4 Å². The van der Waals surface area contributed by atoms with Crippen molar-refractivity contribution in [3.8, 4) is 5.75 Å². The van der Waals surface area contributed by atoms with Crippen molar-refractivity contribution in [1.82, 2.24) is 30.0 Å². The lowest BCUT2D eigenvalue weighted by Gasteiger charge is -2.23. The van der Waals surface area contributed by atoms with Crippen molar-refractivity contribution in [2.45, 2.75) is 45.3 Å². The number of halogens is 1. The van der Waals surface area contributed by atoms with Crippen molar-refractivity contribution in [2.75, 3.05) is 25.5 Å². The molecule has 1 aromatic carbocycles. The number of hydrogen-bond donors (Lipinski definition) is 2. The molecule has 2 aromatic heterocycles. The molecule has 1 atom stereocenters. The van der Waals surface area contributed by atoms with Gasteiger partial charge in [-0.2, -0.15) is 10.1 Å². The summed E-state index contributed by atoms with van der Waals surface area (Å²) in [6.07, 6.45) is 6.55. The molecule has 5 rings (SSSR count). The molecule has 32 heavy (non-hydrogen) atoms. The average Bonchev–Trinajstić information content (AvgIpc) is 3.41. The number of likely N-dealkylation sites (tertiary alicyclic amines) is 1. The summed E-state index contributed by atoms with van der Waals surface area (Å²) >= 11 is 0. The van der Waals surface area contributed by atoms with Gasteiger partial charge in [-0.3, -0.25) is 4.79 Å². The maximum absolute atomic E-state index is 11.9. The van der Waals surface area contributed by atoms with Crippen LogP contribution in [0.5, 0.6) is 5.75 Å². The van der Waals surface area contributed by atoms with Crippen LogP contribution in [0, 0.1) is 0 Å². The molecule has 4 heterocycles. The Labute approximate surface area is 193 Å². The minimum atomic E-state index is 0. The number of aromatic nitrogens is 4. The van der Waals surface area contributed by atoms with Gasteiger partial charge in [0, 0.05) is 26.2 Å². The van der Waals surface area contributed by atoms with Crippen LogP contribution in [0.2, 0.25) is 0 Å². The maximum atomic E-state index is 11.9. The molecular formula is C22H28ClN7O2. The number of carbonyl (C=O) groups excluding carboxylic acids is 1. The fourth-order valence-corrected chi connectivity index (χ4v) is 4.60. The first-order valence-corrected chi connectivity index (χ1v) is 10.8. The fraction of sp³-hybridized carbons (Fsp3) is 0.455. The lowest BCUT2D eigenvalue weighted by atomic mass is 10.00. The Morgan fingerprint density at radius 1 is 1.31 bits per heavy atom. The standard InChI is InChI=1S/C22H27N7O2.ClH/c1-14(30)28-7-3-4-18(28)13-29-21-17(12-25-29)11-24-22(27-21)26-19-8-16-10-23-6-5-15(16)9-20(19)31-2;/h8-9,11-12,18,23H,3-7,10,13H2,1-2H3,(H,24,26,27);1H. The van der Waals surface area contributed by atoms with E-state index < -0.39 is 0 Å². The zero-order valence-corrected chi connectivity index (χ0v) is 19.1. The Bertz CT molecular complexity index is 1130. The number of nitrogens with zero attached hydrogens (tertiary/aromatic N) is 5. The molecule has 0 saturated carbocycles. The van der Waals surface area contributed by atoms with Crippen LogP contribution in [0.15, 0.2) is 24.5 Å². The molecule has 3 aromatic rings. The van der Waals surface area contributed by atoms with Crippen LogP contribution in [0.3, 0.4) is 0 Å². The van der Waals surface area contributed by atoms with E-state index in [1.54, 1.807) is 26.4 Å². The van der Waals surface area contributed by atoms with Crippen molar-refractivity contribution in [2.24, 2.45) is 0 Å². The van der Waals surface area contributed by atoms with E-state index in [4.69, 9.17) is 9.72 Å². The van der Waals surface area contributed by atoms with Gasteiger partial charge in [0.1, 0.15) is 5.75 Å². The van der Waals surface area contributed by atoms with Crippen LogP contribution in [-0.4, -0.2) is 56.8 Å². The number of fused-ring (bicyclic) bond motifs is 2. The highest BCUT2D eigenvalue weighted by Crippen LogP contribution is 2.32. The SMILES string of the molecule is COc1cc2c(cc1Nc1ncc3cnn(CC4CCCN4C(C)=O)c3n1)CNCC2.Cl. The van der Waals surface area contributed by atoms with E-state index in [1.807, 2.05) is 9.58 Å². The second-order valence-corrected chi connectivity index (χ2v) is 8.18. The van der Waals surface area contributed by atoms with E-state index in [-0.39, 0.29) is 24.4 Å². The quantitative estimate of drug-likeness (QED) is 0.607. The first-order valence-electron chi connectivity index (χ1n) is 10.8. The number of methoxy groups -OCH3 is 1. The van der Waals surface area contributed by atoms with Crippen LogP contribution in [-0.2, 0) is 24.3 Å². The molecular weight excluding hydrogens is 430 g/mol. The fourth-order valence-electron chi connectivity index (χ4n) is 4.60. The van der Waals surface area contributed by atoms with Crippen LogP contribution in [0.4, 0.5) is 11.6 Å². The van der Waals surface area contributed by atoms with Crippen LogP contribution < -0.4 is 15.4 Å². The molecule has 0 bridgehead atoms. The Hall–Kier alpha value is -2.91. The van der Waals surface area contributed by atoms with Gasteiger partial charge in [-0.1, -0.05) is 0 Å². The highest BCUT2D eigenvalue weighted by Gasteiger charge is 2.27. The van der Waals surface area contributed by atoms with Gasteiger partial charge in [-0.25, -0.2) is 9.67 Å². The molecule has 2 aliphatic heterocycles. The molecule has 1 fully saturated rings. The Morgan fingerprint density at radius 2 is 2.19 bits per heavy atom. The Kier molecular flexibility index (Phi) is 6.48. The van der Waals surface area contributed by atoms with Crippen LogP contribution in [0.25, 0.3) is 11.0 Å². The lowest BCUT2D eigenvalue weighted by Crippen LogP contribution is -2.36. The number of amides is 1. The first-order chi connectivity index (χ1) is 15.1. The predicted octanol–water partition coefficient (Wildman–Crippen LogP) is 2.66. The third-order valence-electron chi connectivity index (χ3n) is 6.20. The van der Waals surface area contributed by atoms with Gasteiger partial charge in [0.15, 0.2) is 5.65 Å². The van der Waals surface area contributed by atoms with Crippen molar-refractivity contribution in [3.05, 3.63) is 35.7 Å². The predicted molar refractivity (Wildman–Crippen MR) is 125 cm³/mol. The van der Waals surface area contributed by atoms with Gasteiger partial charge in [-0.05, 0) is 49.1 Å². The summed E-state index contributed by atoms with van der Waals surface area (Å²) in [4.78, 5) is 23.0. The molecule has 0 radical (unpaired) electrons. The number of anilines is 2. The molecule has 170 valence electrons. The van der Waals surface area contributed by atoms with Gasteiger partial charge < -0.3 is 20.3 Å². The third-order valence-corrected chi connectivity index (χ3v) is 6.20. The monoisotopic (exact) mass is 457 g/mol. The summed E-state index contributed by atoms with van der Waals surface area (Å²) < 4.78 is 7.49. The summed E-state index contributed by atoms with van der Waals surface area (Å²) in [6.45, 7) is 4.90. The van der Waals surface area contributed by atoms with Crippen LogP contribution >= 0.6 is 12.4 Å². The van der Waals surface area contributed by atoms with Crippen molar-refractivity contribution in [1.29, 1.82) is 0 Å². The number of carbonyl (C=O) groups is 1. The number of nitrogens with one attached hydrogen (secondary N) is 2. The highest BCUT2D eigenvalue weighted by atomic mass is 35.5. The van der Waals surface area contributed by atoms with Gasteiger partial charge in [0.2, 0.25) is 11.9 Å². The van der Waals surface area contributed by atoms with Crippen molar-refractivity contribution in [3.63, 3.8) is 0 Å². The Balaban J connectivity index is 0.00000245. The summed E-state index contributed by atoms with van der Waals surface area (Å²) in [7, 11) is 1.68. The first kappa shape index (κ1) is 22.3. The average molecular weight is 458 g/mol. The second-order valence-electron chi connectivity index (χ2n) is 8.18. The number of ether oxygens (including phenoxy) is 1. The smallest absolute Gasteiger partial charge is 0.229 e. The Morgan fingerprint density at radius 3 is 3.00 bits per heavy atom. The minimum absolute atomic E-state index is 0. The normalized spacial score (nSPS) is 17.7. The largest absolute Gasteiger partial charge is 0.495 e. The van der Waals surface area contributed by atoms with E-state index in [0.29, 0.717) is 12.5 Å². The molecule has 0 spiro atoms. The summed E-state index contributed by atoms with van der Waals surface area (Å²) in [6, 6.07) is 4.35. The number of hydrogen-bond acceptors (Lipinski definition) is 7. The van der Waals surface area contributed by atoms with Gasteiger partial charge in [-0.15, -0.1) is 12.4 Å². The minimum Gasteiger partial charge on any atom is -0.495 e. The van der Waals surface area contributed by atoms with E-state index >= 15 is 0 Å².